The molecule has 128 valence electrons. The topological polar surface area (TPSA) is 79.3 Å². The molecule has 1 aliphatic heterocycles. The molecule has 3 rings (SSSR count). The zero-order valence-corrected chi connectivity index (χ0v) is 14.1. The third-order valence-corrected chi connectivity index (χ3v) is 4.56. The van der Waals surface area contributed by atoms with E-state index in [1.165, 1.54) is 7.05 Å². The van der Waals surface area contributed by atoms with Gasteiger partial charge in [-0.3, -0.25) is 4.79 Å². The summed E-state index contributed by atoms with van der Waals surface area (Å²) in [6.07, 6.45) is 1.96. The van der Waals surface area contributed by atoms with Crippen molar-refractivity contribution in [3.8, 4) is 0 Å². The highest BCUT2D eigenvalue weighted by Gasteiger charge is 2.29. The molecule has 2 aromatic rings. The van der Waals surface area contributed by atoms with E-state index in [-0.39, 0.29) is 24.5 Å². The molecule has 1 fully saturated rings. The van der Waals surface area contributed by atoms with Gasteiger partial charge in [0.25, 0.3) is 0 Å². The standard InChI is InChI=1S/C17H23N5O2/c1-12-20-14-7-3-4-8-15(14)22(12)11-13-6-5-9-21(13)16(23)10-19-17(24)18-2/h3-4,7-8,13H,5-6,9-11H2,1-2H3,(H2,18,19,24). The van der Waals surface area contributed by atoms with Gasteiger partial charge in [0.05, 0.1) is 17.6 Å². The lowest BCUT2D eigenvalue weighted by Gasteiger charge is -2.26. The second-order valence-electron chi connectivity index (χ2n) is 6.07. The van der Waals surface area contributed by atoms with E-state index >= 15 is 0 Å². The minimum atomic E-state index is -0.337. The van der Waals surface area contributed by atoms with Crippen molar-refractivity contribution in [2.24, 2.45) is 0 Å². The molecule has 1 atom stereocenters. The van der Waals surface area contributed by atoms with E-state index in [1.807, 2.05) is 30.0 Å². The Hall–Kier alpha value is -2.57. The zero-order valence-electron chi connectivity index (χ0n) is 14.1. The van der Waals surface area contributed by atoms with E-state index in [2.05, 4.69) is 26.3 Å². The molecule has 3 amide bonds. The smallest absolute Gasteiger partial charge is 0.314 e. The number of hydrogen-bond donors (Lipinski definition) is 2. The number of imidazole rings is 1. The number of likely N-dealkylation sites (tertiary alicyclic amines) is 1. The maximum absolute atomic E-state index is 12.4. The van der Waals surface area contributed by atoms with Gasteiger partial charge in [0.15, 0.2) is 0 Å². The average molecular weight is 329 g/mol. The van der Waals surface area contributed by atoms with E-state index in [1.54, 1.807) is 0 Å². The molecule has 2 N–H and O–H groups in total. The van der Waals surface area contributed by atoms with Gasteiger partial charge in [-0.15, -0.1) is 0 Å². The Morgan fingerprint density at radius 1 is 1.33 bits per heavy atom. The number of carbonyl (C=O) groups is 2. The molecule has 1 unspecified atom stereocenters. The fourth-order valence-electron chi connectivity index (χ4n) is 3.34. The van der Waals surface area contributed by atoms with Crippen LogP contribution >= 0.6 is 0 Å². The molecule has 2 heterocycles. The van der Waals surface area contributed by atoms with Crippen LogP contribution in [-0.4, -0.2) is 52.6 Å². The Kier molecular flexibility index (Phi) is 4.69. The lowest BCUT2D eigenvalue weighted by atomic mass is 10.2. The van der Waals surface area contributed by atoms with Crippen LogP contribution in [0.4, 0.5) is 4.79 Å². The normalized spacial score (nSPS) is 17.2. The van der Waals surface area contributed by atoms with Gasteiger partial charge < -0.3 is 20.1 Å². The number of fused-ring (bicyclic) bond motifs is 1. The van der Waals surface area contributed by atoms with Crippen molar-refractivity contribution >= 4 is 23.0 Å². The Labute approximate surface area is 141 Å². The number of rotatable bonds is 4. The van der Waals surface area contributed by atoms with E-state index in [9.17, 15) is 9.59 Å². The second kappa shape index (κ2) is 6.90. The first-order chi connectivity index (χ1) is 11.6. The van der Waals surface area contributed by atoms with Crippen LogP contribution in [0.25, 0.3) is 11.0 Å². The SMILES string of the molecule is CNC(=O)NCC(=O)N1CCCC1Cn1c(C)nc2ccccc21. The summed E-state index contributed by atoms with van der Waals surface area (Å²) in [5.74, 6) is 0.919. The number of urea groups is 1. The van der Waals surface area contributed by atoms with Gasteiger partial charge in [0.1, 0.15) is 5.82 Å². The van der Waals surface area contributed by atoms with Crippen molar-refractivity contribution in [1.82, 2.24) is 25.1 Å². The maximum Gasteiger partial charge on any atom is 0.314 e. The molecule has 0 aliphatic carbocycles. The van der Waals surface area contributed by atoms with Gasteiger partial charge >= 0.3 is 6.03 Å². The van der Waals surface area contributed by atoms with Crippen LogP contribution in [-0.2, 0) is 11.3 Å². The first-order valence-corrected chi connectivity index (χ1v) is 8.27. The fourth-order valence-corrected chi connectivity index (χ4v) is 3.34. The molecule has 0 bridgehead atoms. The molecule has 7 nitrogen and oxygen atoms in total. The highest BCUT2D eigenvalue weighted by Crippen LogP contribution is 2.22. The van der Waals surface area contributed by atoms with Crippen molar-refractivity contribution in [2.75, 3.05) is 20.1 Å². The number of para-hydroxylation sites is 2. The number of carbonyl (C=O) groups excluding carboxylic acids is 2. The summed E-state index contributed by atoms with van der Waals surface area (Å²) in [6.45, 7) is 3.50. The van der Waals surface area contributed by atoms with E-state index < -0.39 is 0 Å². The molecule has 1 aromatic carbocycles. The quantitative estimate of drug-likeness (QED) is 0.886. The monoisotopic (exact) mass is 329 g/mol. The number of amides is 3. The first kappa shape index (κ1) is 16.3. The van der Waals surface area contributed by atoms with Gasteiger partial charge in [-0.05, 0) is 31.9 Å². The van der Waals surface area contributed by atoms with Crippen LogP contribution in [0.5, 0.6) is 0 Å². The molecule has 0 saturated carbocycles. The molecule has 7 heteroatoms. The molecule has 0 radical (unpaired) electrons. The molecular formula is C17H23N5O2. The van der Waals surface area contributed by atoms with Gasteiger partial charge in [-0.25, -0.2) is 9.78 Å². The summed E-state index contributed by atoms with van der Waals surface area (Å²) in [5.41, 5.74) is 2.07. The van der Waals surface area contributed by atoms with Crippen LogP contribution in [0, 0.1) is 6.92 Å². The maximum atomic E-state index is 12.4. The Morgan fingerprint density at radius 2 is 2.12 bits per heavy atom. The van der Waals surface area contributed by atoms with Crippen LogP contribution < -0.4 is 10.6 Å². The number of aromatic nitrogens is 2. The predicted molar refractivity (Wildman–Crippen MR) is 91.7 cm³/mol. The van der Waals surface area contributed by atoms with Crippen LogP contribution in [0.2, 0.25) is 0 Å². The lowest BCUT2D eigenvalue weighted by Crippen LogP contribution is -2.45. The predicted octanol–water partition coefficient (Wildman–Crippen LogP) is 1.26. The Morgan fingerprint density at radius 3 is 2.92 bits per heavy atom. The number of aryl methyl sites for hydroxylation is 1. The van der Waals surface area contributed by atoms with Gasteiger partial charge in [-0.2, -0.15) is 0 Å². The van der Waals surface area contributed by atoms with E-state index in [4.69, 9.17) is 0 Å². The summed E-state index contributed by atoms with van der Waals surface area (Å²) in [5, 5.41) is 5.02. The van der Waals surface area contributed by atoms with Crippen molar-refractivity contribution in [3.63, 3.8) is 0 Å². The first-order valence-electron chi connectivity index (χ1n) is 8.27. The lowest BCUT2D eigenvalue weighted by molar-refractivity contribution is -0.131. The summed E-state index contributed by atoms with van der Waals surface area (Å²) >= 11 is 0. The van der Waals surface area contributed by atoms with Crippen molar-refractivity contribution in [1.29, 1.82) is 0 Å². The van der Waals surface area contributed by atoms with Crippen LogP contribution in [0.15, 0.2) is 24.3 Å². The highest BCUT2D eigenvalue weighted by molar-refractivity contribution is 5.84. The Bertz CT molecular complexity index is 755. The van der Waals surface area contributed by atoms with E-state index in [0.29, 0.717) is 0 Å². The van der Waals surface area contributed by atoms with Crippen molar-refractivity contribution in [2.45, 2.75) is 32.4 Å². The molecule has 24 heavy (non-hydrogen) atoms. The van der Waals surface area contributed by atoms with Crippen molar-refractivity contribution in [3.05, 3.63) is 30.1 Å². The number of nitrogens with zero attached hydrogens (tertiary/aromatic N) is 3. The molecule has 1 saturated heterocycles. The van der Waals surface area contributed by atoms with Crippen LogP contribution in [0.3, 0.4) is 0 Å². The highest BCUT2D eigenvalue weighted by atomic mass is 16.2. The molecular weight excluding hydrogens is 306 g/mol. The number of benzene rings is 1. The number of hydrogen-bond acceptors (Lipinski definition) is 3. The molecule has 1 aliphatic rings. The van der Waals surface area contributed by atoms with Gasteiger partial charge in [0, 0.05) is 26.2 Å². The fraction of sp³-hybridized carbons (Fsp3) is 0.471. The van der Waals surface area contributed by atoms with Crippen LogP contribution in [0.1, 0.15) is 18.7 Å². The third kappa shape index (κ3) is 3.20. The minimum Gasteiger partial charge on any atom is -0.341 e. The zero-order chi connectivity index (χ0) is 17.1. The molecule has 1 aromatic heterocycles. The van der Waals surface area contributed by atoms with Gasteiger partial charge in [0.2, 0.25) is 5.91 Å². The number of nitrogens with one attached hydrogen (secondary N) is 2. The summed E-state index contributed by atoms with van der Waals surface area (Å²) in [7, 11) is 1.53. The summed E-state index contributed by atoms with van der Waals surface area (Å²) in [4.78, 5) is 30.1. The average Bonchev–Trinajstić information content (AvgIpc) is 3.17. The third-order valence-electron chi connectivity index (χ3n) is 4.56. The van der Waals surface area contributed by atoms with Crippen molar-refractivity contribution < 1.29 is 9.59 Å². The second-order valence-corrected chi connectivity index (χ2v) is 6.07. The summed E-state index contributed by atoms with van der Waals surface area (Å²) < 4.78 is 2.18. The van der Waals surface area contributed by atoms with E-state index in [0.717, 1.165) is 42.8 Å². The Balaban J connectivity index is 1.72. The molecule has 0 spiro atoms. The largest absolute Gasteiger partial charge is 0.341 e. The van der Waals surface area contributed by atoms with Gasteiger partial charge in [-0.1, -0.05) is 12.1 Å². The minimum absolute atomic E-state index is 0.0276. The summed E-state index contributed by atoms with van der Waals surface area (Å²) in [6, 6.07) is 7.85.